The van der Waals surface area contributed by atoms with E-state index in [-0.39, 0.29) is 23.0 Å². The summed E-state index contributed by atoms with van der Waals surface area (Å²) in [5.74, 6) is -0.797. The Morgan fingerprint density at radius 1 is 1.16 bits per heavy atom. The summed E-state index contributed by atoms with van der Waals surface area (Å²) in [5.41, 5.74) is 1.96. The summed E-state index contributed by atoms with van der Waals surface area (Å²) in [6.07, 6.45) is 0. The predicted molar refractivity (Wildman–Crippen MR) is 123 cm³/mol. The molecule has 32 heavy (non-hydrogen) atoms. The van der Waals surface area contributed by atoms with E-state index in [1.165, 1.54) is 47.4 Å². The van der Waals surface area contributed by atoms with Gasteiger partial charge < -0.3 is 4.74 Å². The number of benzene rings is 2. The van der Waals surface area contributed by atoms with Gasteiger partial charge in [-0.15, -0.1) is 11.3 Å². The van der Waals surface area contributed by atoms with Crippen LogP contribution in [0.2, 0.25) is 0 Å². The molecule has 1 amide bonds. The summed E-state index contributed by atoms with van der Waals surface area (Å²) in [7, 11) is -3.88. The minimum absolute atomic E-state index is 0.0514. The second-order valence-corrected chi connectivity index (χ2v) is 9.48. The third kappa shape index (κ3) is 5.71. The summed E-state index contributed by atoms with van der Waals surface area (Å²) in [4.78, 5) is 29.9. The molecule has 8 nitrogen and oxygen atoms in total. The molecule has 0 spiro atoms. The van der Waals surface area contributed by atoms with Crippen LogP contribution in [0, 0.1) is 6.92 Å². The van der Waals surface area contributed by atoms with Crippen molar-refractivity contribution in [3.05, 3.63) is 70.7 Å². The molecule has 0 unspecified atom stereocenters. The first-order valence-electron chi connectivity index (χ1n) is 9.79. The molecule has 3 aromatic rings. The second kappa shape index (κ2) is 9.92. The Bertz CT molecular complexity index is 1240. The van der Waals surface area contributed by atoms with Crippen LogP contribution in [0.4, 0.5) is 10.8 Å². The number of hydrogen-bond acceptors (Lipinski definition) is 7. The number of nitrogens with one attached hydrogen (secondary N) is 1. The highest BCUT2D eigenvalue weighted by Crippen LogP contribution is 2.22. The molecule has 0 aliphatic carbocycles. The molecule has 10 heteroatoms. The van der Waals surface area contributed by atoms with Gasteiger partial charge in [-0.1, -0.05) is 18.2 Å². The lowest BCUT2D eigenvalue weighted by atomic mass is 10.2. The summed E-state index contributed by atoms with van der Waals surface area (Å²) >= 11 is 1.28. The standard InChI is InChI=1S/C22H23N3O5S2/c1-4-25(16(3)26)22-23-19(14-31-22)13-30-21(27)17-8-6-10-20(12-17)32(28,29)24-18-9-5-7-15(2)11-18/h5-12,14,24H,4,13H2,1-3H3. The molecule has 0 radical (unpaired) electrons. The number of aromatic nitrogens is 1. The van der Waals surface area contributed by atoms with Gasteiger partial charge in [-0.2, -0.15) is 0 Å². The number of anilines is 2. The molecule has 0 saturated heterocycles. The van der Waals surface area contributed by atoms with E-state index in [9.17, 15) is 18.0 Å². The molecule has 0 aliphatic heterocycles. The zero-order chi connectivity index (χ0) is 23.3. The highest BCUT2D eigenvalue weighted by Gasteiger charge is 2.18. The van der Waals surface area contributed by atoms with Crippen LogP contribution in [-0.4, -0.2) is 31.8 Å². The number of aryl methyl sites for hydroxylation is 1. The number of sulfonamides is 1. The zero-order valence-corrected chi connectivity index (χ0v) is 19.5. The number of nitrogens with zero attached hydrogens (tertiary/aromatic N) is 2. The Hall–Kier alpha value is -3.24. The quantitative estimate of drug-likeness (QED) is 0.496. The lowest BCUT2D eigenvalue weighted by Crippen LogP contribution is -2.27. The van der Waals surface area contributed by atoms with Crippen LogP contribution in [0.5, 0.6) is 0 Å². The molecule has 3 rings (SSSR count). The Morgan fingerprint density at radius 3 is 2.59 bits per heavy atom. The van der Waals surface area contributed by atoms with Crippen molar-refractivity contribution >= 4 is 44.1 Å². The number of thiazole rings is 1. The predicted octanol–water partition coefficient (Wildman–Crippen LogP) is 3.98. The number of carbonyl (C=O) groups excluding carboxylic acids is 2. The van der Waals surface area contributed by atoms with Crippen LogP contribution in [0.1, 0.15) is 35.5 Å². The fraction of sp³-hybridized carbons (Fsp3) is 0.227. The number of esters is 1. The normalized spacial score (nSPS) is 11.1. The van der Waals surface area contributed by atoms with Gasteiger partial charge in [0.15, 0.2) is 5.13 Å². The molecule has 1 N–H and O–H groups in total. The van der Waals surface area contributed by atoms with Gasteiger partial charge in [0.1, 0.15) is 6.61 Å². The molecule has 168 valence electrons. The molecule has 0 saturated carbocycles. The number of ether oxygens (including phenoxy) is 1. The van der Waals surface area contributed by atoms with Gasteiger partial charge in [-0.25, -0.2) is 18.2 Å². The van der Waals surface area contributed by atoms with Crippen LogP contribution < -0.4 is 9.62 Å². The Kier molecular flexibility index (Phi) is 7.26. The summed E-state index contributed by atoms with van der Waals surface area (Å²) in [6, 6.07) is 12.6. The number of hydrogen-bond donors (Lipinski definition) is 1. The first-order chi connectivity index (χ1) is 15.2. The van der Waals surface area contributed by atoms with Gasteiger partial charge in [0.25, 0.3) is 10.0 Å². The molecule has 1 heterocycles. The van der Waals surface area contributed by atoms with Gasteiger partial charge in [0, 0.05) is 24.5 Å². The van der Waals surface area contributed by atoms with Crippen molar-refractivity contribution in [1.29, 1.82) is 0 Å². The second-order valence-electron chi connectivity index (χ2n) is 6.96. The van der Waals surface area contributed by atoms with Crippen LogP contribution in [0.15, 0.2) is 58.8 Å². The molecule has 1 aromatic heterocycles. The first-order valence-corrected chi connectivity index (χ1v) is 12.1. The number of carbonyl (C=O) groups is 2. The van der Waals surface area contributed by atoms with Crippen molar-refractivity contribution in [1.82, 2.24) is 4.98 Å². The topological polar surface area (TPSA) is 106 Å². The monoisotopic (exact) mass is 473 g/mol. The molecule has 0 bridgehead atoms. The van der Waals surface area contributed by atoms with Crippen molar-refractivity contribution in [2.24, 2.45) is 0 Å². The van der Waals surface area contributed by atoms with Crippen molar-refractivity contribution < 1.29 is 22.7 Å². The Morgan fingerprint density at radius 2 is 1.91 bits per heavy atom. The van der Waals surface area contributed by atoms with Gasteiger partial charge >= 0.3 is 5.97 Å². The maximum atomic E-state index is 12.7. The van der Waals surface area contributed by atoms with Crippen molar-refractivity contribution in [3.8, 4) is 0 Å². The molecular formula is C22H23N3O5S2. The van der Waals surface area contributed by atoms with Crippen LogP contribution in [-0.2, 0) is 26.2 Å². The van der Waals surface area contributed by atoms with E-state index >= 15 is 0 Å². The highest BCUT2D eigenvalue weighted by molar-refractivity contribution is 7.92. The zero-order valence-electron chi connectivity index (χ0n) is 17.9. The lowest BCUT2D eigenvalue weighted by molar-refractivity contribution is -0.116. The lowest BCUT2D eigenvalue weighted by Gasteiger charge is -2.14. The average Bonchev–Trinajstić information content (AvgIpc) is 3.20. The van der Waals surface area contributed by atoms with Gasteiger partial charge in [0.2, 0.25) is 5.91 Å². The van der Waals surface area contributed by atoms with Crippen LogP contribution in [0.3, 0.4) is 0 Å². The van der Waals surface area contributed by atoms with Crippen molar-refractivity contribution in [2.45, 2.75) is 32.3 Å². The Labute approximate surface area is 190 Å². The van der Waals surface area contributed by atoms with Gasteiger partial charge in [0.05, 0.1) is 16.2 Å². The molecule has 2 aromatic carbocycles. The number of amides is 1. The average molecular weight is 474 g/mol. The van der Waals surface area contributed by atoms with E-state index in [2.05, 4.69) is 9.71 Å². The molecular weight excluding hydrogens is 450 g/mol. The fourth-order valence-electron chi connectivity index (χ4n) is 2.91. The van der Waals surface area contributed by atoms with Crippen molar-refractivity contribution in [3.63, 3.8) is 0 Å². The summed E-state index contributed by atoms with van der Waals surface area (Å²) in [5, 5.41) is 2.24. The molecule has 0 fully saturated rings. The molecule has 0 atom stereocenters. The highest BCUT2D eigenvalue weighted by atomic mass is 32.2. The summed E-state index contributed by atoms with van der Waals surface area (Å²) < 4.78 is 33.2. The van der Waals surface area contributed by atoms with E-state index in [0.29, 0.717) is 23.1 Å². The first kappa shape index (κ1) is 23.4. The van der Waals surface area contributed by atoms with E-state index in [1.54, 1.807) is 23.6 Å². The van der Waals surface area contributed by atoms with Crippen LogP contribution in [0.25, 0.3) is 0 Å². The van der Waals surface area contributed by atoms with Crippen molar-refractivity contribution in [2.75, 3.05) is 16.2 Å². The molecule has 0 aliphatic rings. The summed E-state index contributed by atoms with van der Waals surface area (Å²) in [6.45, 7) is 5.56. The smallest absolute Gasteiger partial charge is 0.338 e. The maximum absolute atomic E-state index is 12.7. The minimum atomic E-state index is -3.88. The van der Waals surface area contributed by atoms with E-state index in [4.69, 9.17) is 4.74 Å². The van der Waals surface area contributed by atoms with Gasteiger partial charge in [-0.05, 0) is 49.7 Å². The fourth-order valence-corrected chi connectivity index (χ4v) is 4.93. The SMILES string of the molecule is CCN(C(C)=O)c1nc(COC(=O)c2cccc(S(=O)(=O)Nc3cccc(C)c3)c2)cs1. The number of rotatable bonds is 8. The van der Waals surface area contributed by atoms with Crippen LogP contribution >= 0.6 is 11.3 Å². The third-order valence-corrected chi connectivity index (χ3v) is 6.76. The minimum Gasteiger partial charge on any atom is -0.456 e. The third-order valence-electron chi connectivity index (χ3n) is 4.47. The largest absolute Gasteiger partial charge is 0.456 e. The Balaban J connectivity index is 1.69. The maximum Gasteiger partial charge on any atom is 0.338 e. The van der Waals surface area contributed by atoms with E-state index < -0.39 is 16.0 Å². The van der Waals surface area contributed by atoms with E-state index in [0.717, 1.165) is 5.56 Å². The van der Waals surface area contributed by atoms with E-state index in [1.807, 2.05) is 19.9 Å². The van der Waals surface area contributed by atoms with Gasteiger partial charge in [-0.3, -0.25) is 14.4 Å².